The van der Waals surface area contributed by atoms with Crippen LogP contribution < -0.4 is 0 Å². The average molecular weight is 692 g/mol. The van der Waals surface area contributed by atoms with Gasteiger partial charge in [-0.2, -0.15) is 0 Å². The smallest absolute Gasteiger partial charge is 0.410 e. The summed E-state index contributed by atoms with van der Waals surface area (Å²) in [6.45, 7) is 8.40. The highest BCUT2D eigenvalue weighted by molar-refractivity contribution is 5.87. The molecule has 268 valence electrons. The third-order valence-electron chi connectivity index (χ3n) is 9.79. The van der Waals surface area contributed by atoms with E-state index in [1.807, 2.05) is 51.1 Å². The van der Waals surface area contributed by atoms with Gasteiger partial charge in [0.15, 0.2) is 0 Å². The summed E-state index contributed by atoms with van der Waals surface area (Å²) in [7, 11) is 1.72. The normalized spacial score (nSPS) is 17.9. The Kier molecular flexibility index (Phi) is 11.0. The molecular formula is C42H49N3O6. The number of likely N-dealkylation sites (tertiary alicyclic amines) is 1. The first kappa shape index (κ1) is 35.9. The molecule has 1 aliphatic carbocycles. The number of hydrogen-bond donors (Lipinski definition) is 1. The highest BCUT2D eigenvalue weighted by atomic mass is 16.6. The minimum absolute atomic E-state index is 0.0759. The monoisotopic (exact) mass is 691 g/mol. The van der Waals surface area contributed by atoms with Crippen molar-refractivity contribution in [1.29, 1.82) is 0 Å². The number of piperidine rings is 1. The molecule has 2 atom stereocenters. The van der Waals surface area contributed by atoms with Crippen LogP contribution in [-0.2, 0) is 32.2 Å². The number of aliphatic carboxylic acids is 1. The van der Waals surface area contributed by atoms with Crippen molar-refractivity contribution in [3.8, 4) is 11.1 Å². The Morgan fingerprint density at radius 3 is 2.43 bits per heavy atom. The van der Waals surface area contributed by atoms with E-state index in [1.54, 1.807) is 18.1 Å². The number of benzene rings is 3. The fraction of sp³-hybridized carbons (Fsp3) is 0.405. The summed E-state index contributed by atoms with van der Waals surface area (Å²) in [5.74, 6) is -1.45. The number of aromatic nitrogens is 1. The van der Waals surface area contributed by atoms with Gasteiger partial charge in [-0.05, 0) is 92.3 Å². The van der Waals surface area contributed by atoms with Gasteiger partial charge < -0.3 is 28.9 Å². The maximum atomic E-state index is 15.0. The second-order valence-electron chi connectivity index (χ2n) is 14.8. The molecule has 0 bridgehead atoms. The van der Waals surface area contributed by atoms with Gasteiger partial charge in [-0.15, -0.1) is 0 Å². The molecule has 3 aromatic carbocycles. The van der Waals surface area contributed by atoms with Crippen molar-refractivity contribution in [1.82, 2.24) is 14.4 Å². The number of carboxylic acids is 1. The lowest BCUT2D eigenvalue weighted by Crippen LogP contribution is -2.51. The predicted octanol–water partition coefficient (Wildman–Crippen LogP) is 7.97. The lowest BCUT2D eigenvalue weighted by atomic mass is 9.79. The van der Waals surface area contributed by atoms with Crippen LogP contribution in [0.3, 0.4) is 0 Å². The number of para-hydroxylation sites is 1. The van der Waals surface area contributed by atoms with E-state index in [1.165, 1.54) is 0 Å². The number of carbonyl (C=O) groups excluding carboxylic acids is 2. The average Bonchev–Trinajstić information content (AvgIpc) is 3.91. The Balaban J connectivity index is 1.31. The van der Waals surface area contributed by atoms with Crippen molar-refractivity contribution < 1.29 is 29.0 Å². The molecular weight excluding hydrogens is 642 g/mol. The summed E-state index contributed by atoms with van der Waals surface area (Å²) < 4.78 is 13.4. The van der Waals surface area contributed by atoms with Crippen molar-refractivity contribution in [2.45, 2.75) is 77.1 Å². The van der Waals surface area contributed by atoms with Crippen LogP contribution >= 0.6 is 0 Å². The fourth-order valence-corrected chi connectivity index (χ4v) is 7.18. The Morgan fingerprint density at radius 1 is 0.961 bits per heavy atom. The van der Waals surface area contributed by atoms with E-state index in [0.717, 1.165) is 70.6 Å². The van der Waals surface area contributed by atoms with E-state index in [2.05, 4.69) is 58.1 Å². The number of rotatable bonds is 12. The summed E-state index contributed by atoms with van der Waals surface area (Å²) in [5, 5.41) is 10.1. The van der Waals surface area contributed by atoms with Gasteiger partial charge in [-0.3, -0.25) is 4.79 Å². The Bertz CT molecular complexity index is 1880. The van der Waals surface area contributed by atoms with E-state index in [0.29, 0.717) is 26.1 Å². The molecule has 9 heteroatoms. The highest BCUT2D eigenvalue weighted by Crippen LogP contribution is 2.40. The Morgan fingerprint density at radius 2 is 1.73 bits per heavy atom. The van der Waals surface area contributed by atoms with Gasteiger partial charge in [0.25, 0.3) is 0 Å². The minimum Gasteiger partial charge on any atom is -0.478 e. The minimum atomic E-state index is -0.987. The topological polar surface area (TPSA) is 101 Å². The number of amides is 2. The Labute approximate surface area is 300 Å². The summed E-state index contributed by atoms with van der Waals surface area (Å²) in [5.41, 5.74) is 5.52. The zero-order valence-corrected chi connectivity index (χ0v) is 30.1. The quantitative estimate of drug-likeness (QED) is 0.120. The first-order chi connectivity index (χ1) is 24.5. The third kappa shape index (κ3) is 8.89. The van der Waals surface area contributed by atoms with Crippen LogP contribution in [0, 0.1) is 5.92 Å². The standard InChI is InChI=1S/C42H49N3O6/c1-42(2,3)51-41(49)44-23-21-35(32-10-7-9-31(25-32)30-16-13-29(14-17-30)15-20-39(46)47)37(28-44)40(48)45(34-18-19-34)27-33-26-43(22-8-24-50-4)38-12-6-5-11-36(33)38/h5-7,9-17,20,25-26,34-35,37H,8,18-19,21-24,27-28H2,1-4H3,(H,46,47)/t35-,37+/m1/s1. The SMILES string of the molecule is COCCCn1cc(CN(C(=O)[C@H]2CN(C(=O)OC(C)(C)C)CC[C@@H]2c2cccc(-c3ccc(C=CC(=O)O)cc3)c2)C2CC2)c2ccccc21. The maximum absolute atomic E-state index is 15.0. The molecule has 2 amide bonds. The zero-order valence-electron chi connectivity index (χ0n) is 30.1. The number of fused-ring (bicyclic) bond motifs is 1. The number of hydrogen-bond acceptors (Lipinski definition) is 5. The van der Waals surface area contributed by atoms with Crippen molar-refractivity contribution >= 4 is 34.9 Å². The van der Waals surface area contributed by atoms with E-state index >= 15 is 0 Å². The molecule has 0 unspecified atom stereocenters. The molecule has 2 heterocycles. The molecule has 1 aliphatic heterocycles. The van der Waals surface area contributed by atoms with E-state index in [-0.39, 0.29) is 30.5 Å². The molecule has 1 saturated carbocycles. The van der Waals surface area contributed by atoms with Gasteiger partial charge in [0.1, 0.15) is 5.60 Å². The molecule has 2 fully saturated rings. The van der Waals surface area contributed by atoms with Crippen LogP contribution in [0.5, 0.6) is 0 Å². The first-order valence-electron chi connectivity index (χ1n) is 18.0. The molecule has 51 heavy (non-hydrogen) atoms. The molecule has 1 N–H and O–H groups in total. The number of methoxy groups -OCH3 is 1. The van der Waals surface area contributed by atoms with Gasteiger partial charge in [0.05, 0.1) is 5.92 Å². The lowest BCUT2D eigenvalue weighted by molar-refractivity contribution is -0.139. The number of carboxylic acid groups (broad SMARTS) is 1. The molecule has 0 spiro atoms. The van der Waals surface area contributed by atoms with Crippen LogP contribution in [0.25, 0.3) is 28.1 Å². The van der Waals surface area contributed by atoms with Crippen molar-refractivity contribution in [3.05, 3.63) is 102 Å². The number of carbonyl (C=O) groups is 3. The maximum Gasteiger partial charge on any atom is 0.410 e. The van der Waals surface area contributed by atoms with Gasteiger partial charge in [-0.1, -0.05) is 66.7 Å². The van der Waals surface area contributed by atoms with E-state index in [9.17, 15) is 14.4 Å². The summed E-state index contributed by atoms with van der Waals surface area (Å²) in [6.07, 6.45) is 7.98. The van der Waals surface area contributed by atoms with Crippen LogP contribution in [0.2, 0.25) is 0 Å². The summed E-state index contributed by atoms with van der Waals surface area (Å²) in [6, 6.07) is 24.6. The van der Waals surface area contributed by atoms with Crippen molar-refractivity contribution in [3.63, 3.8) is 0 Å². The largest absolute Gasteiger partial charge is 0.478 e. The number of nitrogens with zero attached hydrogens (tertiary/aromatic N) is 3. The number of ether oxygens (including phenoxy) is 2. The predicted molar refractivity (Wildman–Crippen MR) is 199 cm³/mol. The van der Waals surface area contributed by atoms with Crippen LogP contribution in [0.15, 0.2) is 85.1 Å². The molecule has 1 saturated heterocycles. The first-order valence-corrected chi connectivity index (χ1v) is 18.0. The lowest BCUT2D eigenvalue weighted by Gasteiger charge is -2.40. The van der Waals surface area contributed by atoms with Crippen LogP contribution in [0.1, 0.15) is 69.1 Å². The molecule has 0 radical (unpaired) electrons. The molecule has 1 aromatic heterocycles. The van der Waals surface area contributed by atoms with Gasteiger partial charge in [0, 0.05) is 69.1 Å². The zero-order chi connectivity index (χ0) is 36.1. The Hall–Kier alpha value is -4.89. The second-order valence-corrected chi connectivity index (χ2v) is 14.8. The second kappa shape index (κ2) is 15.6. The highest BCUT2D eigenvalue weighted by Gasteiger charge is 2.43. The van der Waals surface area contributed by atoms with Gasteiger partial charge in [0.2, 0.25) is 5.91 Å². The van der Waals surface area contributed by atoms with Crippen molar-refractivity contribution in [2.75, 3.05) is 26.8 Å². The summed E-state index contributed by atoms with van der Waals surface area (Å²) >= 11 is 0. The summed E-state index contributed by atoms with van der Waals surface area (Å²) in [4.78, 5) is 43.1. The van der Waals surface area contributed by atoms with Gasteiger partial charge in [-0.25, -0.2) is 9.59 Å². The third-order valence-corrected chi connectivity index (χ3v) is 9.79. The molecule has 6 rings (SSSR count). The van der Waals surface area contributed by atoms with Gasteiger partial charge >= 0.3 is 12.1 Å². The molecule has 4 aromatic rings. The molecule has 2 aliphatic rings. The molecule has 9 nitrogen and oxygen atoms in total. The van der Waals surface area contributed by atoms with Crippen molar-refractivity contribution in [2.24, 2.45) is 5.92 Å². The van der Waals surface area contributed by atoms with Crippen LogP contribution in [-0.4, -0.2) is 75.9 Å². The number of aryl methyl sites for hydroxylation is 1. The van der Waals surface area contributed by atoms with E-state index < -0.39 is 17.5 Å². The van der Waals surface area contributed by atoms with E-state index in [4.69, 9.17) is 14.6 Å². The fourth-order valence-electron chi connectivity index (χ4n) is 7.18. The van der Waals surface area contributed by atoms with Crippen LogP contribution in [0.4, 0.5) is 4.79 Å².